The number of anilines is 1. The minimum atomic E-state index is -0.850. The fraction of sp³-hybridized carbons (Fsp3) is 0.538. The second kappa shape index (κ2) is 5.54. The van der Waals surface area contributed by atoms with Crippen LogP contribution in [-0.2, 0) is 16.1 Å². The maximum atomic E-state index is 11.9. The van der Waals surface area contributed by atoms with Crippen molar-refractivity contribution in [3.63, 3.8) is 0 Å². The molecular weight excluding hydrogens is 258 g/mol. The molecule has 1 aliphatic heterocycles. The van der Waals surface area contributed by atoms with Crippen LogP contribution in [0.5, 0.6) is 0 Å². The molecule has 1 fully saturated rings. The minimum absolute atomic E-state index is 0.0747. The standard InChI is InChI=1S/C13H19N5O2/c1-4-14-5-9-6-15-12(16-7-9)18-8-10(19)17-11(20)13(18,2)3/h6-7,14H,4-5,8H2,1-3H3,(H,17,19,20). The molecule has 1 aliphatic rings. The molecule has 1 saturated heterocycles. The maximum absolute atomic E-state index is 11.9. The van der Waals surface area contributed by atoms with E-state index in [4.69, 9.17) is 0 Å². The van der Waals surface area contributed by atoms with Crippen molar-refractivity contribution in [1.29, 1.82) is 0 Å². The van der Waals surface area contributed by atoms with Gasteiger partial charge in [-0.15, -0.1) is 0 Å². The summed E-state index contributed by atoms with van der Waals surface area (Å²) in [5.41, 5.74) is 0.109. The van der Waals surface area contributed by atoms with Gasteiger partial charge in [0.05, 0.1) is 0 Å². The number of piperazine rings is 1. The summed E-state index contributed by atoms with van der Waals surface area (Å²) in [5.74, 6) is -0.290. The molecule has 2 rings (SSSR count). The summed E-state index contributed by atoms with van der Waals surface area (Å²) in [7, 11) is 0. The highest BCUT2D eigenvalue weighted by Crippen LogP contribution is 2.22. The molecule has 0 aromatic carbocycles. The van der Waals surface area contributed by atoms with E-state index in [1.54, 1.807) is 31.1 Å². The van der Waals surface area contributed by atoms with Crippen LogP contribution < -0.4 is 15.5 Å². The van der Waals surface area contributed by atoms with Crippen molar-refractivity contribution in [3.8, 4) is 0 Å². The smallest absolute Gasteiger partial charge is 0.252 e. The lowest BCUT2D eigenvalue weighted by Crippen LogP contribution is -2.64. The molecule has 7 heteroatoms. The Kier molecular flexibility index (Phi) is 3.99. The van der Waals surface area contributed by atoms with Gasteiger partial charge in [-0.2, -0.15) is 0 Å². The Morgan fingerprint density at radius 1 is 1.35 bits per heavy atom. The Balaban J connectivity index is 2.21. The first-order chi connectivity index (χ1) is 9.45. The number of nitrogens with zero attached hydrogens (tertiary/aromatic N) is 3. The Labute approximate surface area is 117 Å². The molecule has 1 aromatic rings. The summed E-state index contributed by atoms with van der Waals surface area (Å²) in [6.07, 6.45) is 3.41. The lowest BCUT2D eigenvalue weighted by molar-refractivity contribution is -0.135. The molecule has 2 amide bonds. The quantitative estimate of drug-likeness (QED) is 0.743. The van der Waals surface area contributed by atoms with E-state index in [0.717, 1.165) is 12.1 Å². The lowest BCUT2D eigenvalue weighted by atomic mass is 9.99. The first-order valence-electron chi connectivity index (χ1n) is 6.58. The third kappa shape index (κ3) is 2.77. The molecule has 108 valence electrons. The summed E-state index contributed by atoms with van der Waals surface area (Å²) in [6.45, 7) is 7.14. The lowest BCUT2D eigenvalue weighted by Gasteiger charge is -2.39. The van der Waals surface area contributed by atoms with E-state index in [0.29, 0.717) is 12.5 Å². The maximum Gasteiger partial charge on any atom is 0.252 e. The fourth-order valence-corrected chi connectivity index (χ4v) is 1.95. The Bertz CT molecular complexity index is 512. The van der Waals surface area contributed by atoms with E-state index < -0.39 is 5.54 Å². The third-order valence-electron chi connectivity index (χ3n) is 3.30. The van der Waals surface area contributed by atoms with Crippen molar-refractivity contribution in [3.05, 3.63) is 18.0 Å². The van der Waals surface area contributed by atoms with E-state index in [1.807, 2.05) is 6.92 Å². The molecule has 0 saturated carbocycles. The van der Waals surface area contributed by atoms with Crippen LogP contribution in [0.1, 0.15) is 26.3 Å². The number of carbonyl (C=O) groups is 2. The molecule has 0 radical (unpaired) electrons. The average molecular weight is 277 g/mol. The van der Waals surface area contributed by atoms with Gasteiger partial charge in [-0.1, -0.05) is 6.92 Å². The van der Waals surface area contributed by atoms with Crippen LogP contribution in [0.4, 0.5) is 5.95 Å². The summed E-state index contributed by atoms with van der Waals surface area (Å²) in [5, 5.41) is 5.51. The van der Waals surface area contributed by atoms with Crippen LogP contribution in [-0.4, -0.2) is 40.4 Å². The molecule has 2 N–H and O–H groups in total. The van der Waals surface area contributed by atoms with Crippen LogP contribution in [0.25, 0.3) is 0 Å². The Morgan fingerprint density at radius 3 is 2.60 bits per heavy atom. The number of carbonyl (C=O) groups excluding carboxylic acids is 2. The van der Waals surface area contributed by atoms with Crippen LogP contribution in [0.15, 0.2) is 12.4 Å². The summed E-state index contributed by atoms with van der Waals surface area (Å²) in [4.78, 5) is 33.5. The van der Waals surface area contributed by atoms with Gasteiger partial charge in [0.1, 0.15) is 12.1 Å². The Hall–Kier alpha value is -2.02. The zero-order chi connectivity index (χ0) is 14.8. The highest BCUT2D eigenvalue weighted by atomic mass is 16.2. The first kappa shape index (κ1) is 14.4. The van der Waals surface area contributed by atoms with Crippen molar-refractivity contribution in [2.45, 2.75) is 32.9 Å². The van der Waals surface area contributed by atoms with Gasteiger partial charge in [0.25, 0.3) is 5.91 Å². The molecule has 0 unspecified atom stereocenters. The Morgan fingerprint density at radius 2 is 2.00 bits per heavy atom. The molecule has 7 nitrogen and oxygen atoms in total. The molecular formula is C13H19N5O2. The van der Waals surface area contributed by atoms with Gasteiger partial charge in [0, 0.05) is 24.5 Å². The highest BCUT2D eigenvalue weighted by molar-refractivity contribution is 6.06. The van der Waals surface area contributed by atoms with Gasteiger partial charge < -0.3 is 10.2 Å². The second-order valence-electron chi connectivity index (χ2n) is 5.19. The van der Waals surface area contributed by atoms with Crippen molar-refractivity contribution < 1.29 is 9.59 Å². The average Bonchev–Trinajstić information content (AvgIpc) is 2.41. The number of hydrogen-bond acceptors (Lipinski definition) is 6. The zero-order valence-corrected chi connectivity index (χ0v) is 11.9. The minimum Gasteiger partial charge on any atom is -0.317 e. The molecule has 0 spiro atoms. The number of aromatic nitrogens is 2. The van der Waals surface area contributed by atoms with Gasteiger partial charge >= 0.3 is 0 Å². The predicted octanol–water partition coefficient (Wildman–Crippen LogP) is -0.172. The van der Waals surface area contributed by atoms with Crippen LogP contribution in [0.3, 0.4) is 0 Å². The monoisotopic (exact) mass is 277 g/mol. The molecule has 0 bridgehead atoms. The normalized spacial score (nSPS) is 18.1. The SMILES string of the molecule is CCNCc1cnc(N2CC(=O)NC(=O)C2(C)C)nc1. The molecule has 20 heavy (non-hydrogen) atoms. The summed E-state index contributed by atoms with van der Waals surface area (Å²) < 4.78 is 0. The van der Waals surface area contributed by atoms with Crippen LogP contribution in [0.2, 0.25) is 0 Å². The van der Waals surface area contributed by atoms with Gasteiger partial charge in [-0.25, -0.2) is 9.97 Å². The topological polar surface area (TPSA) is 87.2 Å². The van der Waals surface area contributed by atoms with Crippen LogP contribution >= 0.6 is 0 Å². The van der Waals surface area contributed by atoms with E-state index >= 15 is 0 Å². The van der Waals surface area contributed by atoms with E-state index in [9.17, 15) is 9.59 Å². The molecule has 0 aliphatic carbocycles. The van der Waals surface area contributed by atoms with Crippen molar-refractivity contribution in [1.82, 2.24) is 20.6 Å². The highest BCUT2D eigenvalue weighted by Gasteiger charge is 2.42. The summed E-state index contributed by atoms with van der Waals surface area (Å²) >= 11 is 0. The number of nitrogens with one attached hydrogen (secondary N) is 2. The number of hydrogen-bond donors (Lipinski definition) is 2. The van der Waals surface area contributed by atoms with Gasteiger partial charge in [-0.05, 0) is 20.4 Å². The van der Waals surface area contributed by atoms with Gasteiger partial charge in [0.15, 0.2) is 0 Å². The predicted molar refractivity (Wildman–Crippen MR) is 74.0 cm³/mol. The van der Waals surface area contributed by atoms with Crippen molar-refractivity contribution >= 4 is 17.8 Å². The van der Waals surface area contributed by atoms with Gasteiger partial charge in [0.2, 0.25) is 11.9 Å². The van der Waals surface area contributed by atoms with E-state index in [-0.39, 0.29) is 18.4 Å². The van der Waals surface area contributed by atoms with Crippen molar-refractivity contribution in [2.75, 3.05) is 18.0 Å². The molecule has 2 heterocycles. The fourth-order valence-electron chi connectivity index (χ4n) is 1.95. The first-order valence-corrected chi connectivity index (χ1v) is 6.58. The number of rotatable bonds is 4. The van der Waals surface area contributed by atoms with Gasteiger partial charge in [-0.3, -0.25) is 14.9 Å². The van der Waals surface area contributed by atoms with E-state index in [1.165, 1.54) is 0 Å². The number of amides is 2. The van der Waals surface area contributed by atoms with E-state index in [2.05, 4.69) is 20.6 Å². The number of imide groups is 1. The third-order valence-corrected chi connectivity index (χ3v) is 3.30. The van der Waals surface area contributed by atoms with Crippen LogP contribution in [0, 0.1) is 0 Å². The van der Waals surface area contributed by atoms with Crippen molar-refractivity contribution in [2.24, 2.45) is 0 Å². The zero-order valence-electron chi connectivity index (χ0n) is 11.9. The molecule has 0 atom stereocenters. The summed E-state index contributed by atoms with van der Waals surface area (Å²) in [6, 6.07) is 0. The second-order valence-corrected chi connectivity index (χ2v) is 5.19. The largest absolute Gasteiger partial charge is 0.317 e. The molecule has 1 aromatic heterocycles.